The van der Waals surface area contributed by atoms with Gasteiger partial charge in [-0.2, -0.15) is 0 Å². The van der Waals surface area contributed by atoms with Gasteiger partial charge in [-0.25, -0.2) is 10.9 Å². The van der Waals surface area contributed by atoms with E-state index < -0.39 is 0 Å². The largest absolute Gasteiger partial charge is 0.352 e. The molecule has 8 heteroatoms. The van der Waals surface area contributed by atoms with E-state index in [4.69, 9.17) is 11.7 Å². The van der Waals surface area contributed by atoms with Gasteiger partial charge in [0.15, 0.2) is 0 Å². The maximum absolute atomic E-state index is 12.3. The average molecular weight is 382 g/mol. The maximum Gasteiger partial charge on any atom is 0.251 e. The quantitative estimate of drug-likeness (QED) is 0.202. The third-order valence-electron chi connectivity index (χ3n) is 4.32. The van der Waals surface area contributed by atoms with Crippen molar-refractivity contribution in [2.75, 3.05) is 11.6 Å². The molecule has 0 saturated carbocycles. The van der Waals surface area contributed by atoms with Gasteiger partial charge in [-0.05, 0) is 43.5 Å². The Hall–Kier alpha value is -3.26. The Labute approximate surface area is 164 Å². The van der Waals surface area contributed by atoms with Gasteiger partial charge in [0.1, 0.15) is 5.69 Å². The van der Waals surface area contributed by atoms with Crippen LogP contribution < -0.4 is 22.0 Å². The highest BCUT2D eigenvalue weighted by Crippen LogP contribution is 2.27. The first kappa shape index (κ1) is 21.0. The standard InChI is InChI=1S/C20H26N6O2/c1-15-9-4-5-10-16(15)20(28)23-14-8-2-3-13-19(27)26(22)18-12-7-6-11-17(18)24-25-21/h4-7,9-12H,2-3,8,13-14,22H2,1H3,(H2,21,24)(H,23,28). The summed E-state index contributed by atoms with van der Waals surface area (Å²) in [5.41, 5.74) is 2.51. The molecule has 148 valence electrons. The van der Waals surface area contributed by atoms with Crippen molar-refractivity contribution in [3.8, 4) is 0 Å². The second-order valence-electron chi connectivity index (χ2n) is 6.35. The monoisotopic (exact) mass is 382 g/mol. The zero-order valence-electron chi connectivity index (χ0n) is 16.0. The minimum atomic E-state index is -0.219. The Bertz CT molecular complexity index is 837. The van der Waals surface area contributed by atoms with E-state index in [-0.39, 0.29) is 11.8 Å². The van der Waals surface area contributed by atoms with Crippen molar-refractivity contribution in [2.24, 2.45) is 22.0 Å². The van der Waals surface area contributed by atoms with Crippen LogP contribution in [0.15, 0.2) is 58.9 Å². The number of rotatable bonds is 9. The summed E-state index contributed by atoms with van der Waals surface area (Å²) < 4.78 is 0. The van der Waals surface area contributed by atoms with Crippen LogP contribution in [0.2, 0.25) is 0 Å². The number of aryl methyl sites for hydroxylation is 1. The van der Waals surface area contributed by atoms with Gasteiger partial charge in [0.2, 0.25) is 5.91 Å². The highest BCUT2D eigenvalue weighted by molar-refractivity contribution is 5.95. The molecule has 5 N–H and O–H groups in total. The molecule has 8 nitrogen and oxygen atoms in total. The fraction of sp³-hybridized carbons (Fsp3) is 0.300. The molecule has 0 fully saturated rings. The summed E-state index contributed by atoms with van der Waals surface area (Å²) in [6, 6.07) is 14.3. The number of carbonyl (C=O) groups excluding carboxylic acids is 2. The molecule has 0 radical (unpaired) electrons. The van der Waals surface area contributed by atoms with E-state index in [2.05, 4.69) is 15.7 Å². The normalized spacial score (nSPS) is 10.8. The fourth-order valence-corrected chi connectivity index (χ4v) is 2.77. The van der Waals surface area contributed by atoms with Gasteiger partial charge in [-0.3, -0.25) is 9.59 Å². The summed E-state index contributed by atoms with van der Waals surface area (Å²) in [4.78, 5) is 24.4. The highest BCUT2D eigenvalue weighted by atomic mass is 16.2. The van der Waals surface area contributed by atoms with E-state index in [9.17, 15) is 9.59 Å². The zero-order valence-corrected chi connectivity index (χ0v) is 16.0. The van der Waals surface area contributed by atoms with E-state index in [0.717, 1.165) is 23.4 Å². The van der Waals surface area contributed by atoms with Crippen LogP contribution in [0, 0.1) is 6.92 Å². The molecule has 2 aromatic rings. The zero-order chi connectivity index (χ0) is 20.4. The molecular formula is C20H26N6O2. The molecule has 0 bridgehead atoms. The average Bonchev–Trinajstić information content (AvgIpc) is 2.70. The van der Waals surface area contributed by atoms with Crippen LogP contribution in [0.3, 0.4) is 0 Å². The molecule has 28 heavy (non-hydrogen) atoms. The minimum absolute atomic E-state index is 0.0759. The van der Waals surface area contributed by atoms with Gasteiger partial charge in [0.05, 0.1) is 5.69 Å². The molecule has 0 spiro atoms. The molecule has 0 aliphatic carbocycles. The Morgan fingerprint density at radius 3 is 2.50 bits per heavy atom. The predicted molar refractivity (Wildman–Crippen MR) is 109 cm³/mol. The number of benzene rings is 2. The SMILES string of the molecule is Cc1ccccc1C(=O)NCCCCCC(=O)N(N)c1ccccc1N=NN. The van der Waals surface area contributed by atoms with Crippen LogP contribution in [0.1, 0.15) is 41.6 Å². The Morgan fingerprint density at radius 2 is 1.75 bits per heavy atom. The Morgan fingerprint density at radius 1 is 1.04 bits per heavy atom. The minimum Gasteiger partial charge on any atom is -0.352 e. The van der Waals surface area contributed by atoms with E-state index in [0.29, 0.717) is 36.3 Å². The number of anilines is 1. The van der Waals surface area contributed by atoms with Crippen molar-refractivity contribution < 1.29 is 9.59 Å². The molecular weight excluding hydrogens is 356 g/mol. The topological polar surface area (TPSA) is 126 Å². The first-order chi connectivity index (χ1) is 13.5. The van der Waals surface area contributed by atoms with Crippen LogP contribution in [0.25, 0.3) is 0 Å². The molecule has 0 aromatic heterocycles. The van der Waals surface area contributed by atoms with Crippen LogP contribution in [-0.4, -0.2) is 18.4 Å². The molecule has 0 saturated heterocycles. The van der Waals surface area contributed by atoms with E-state index in [1.807, 2.05) is 25.1 Å². The summed E-state index contributed by atoms with van der Waals surface area (Å²) in [6.07, 6.45) is 2.56. The third kappa shape index (κ3) is 5.88. The van der Waals surface area contributed by atoms with Crippen molar-refractivity contribution in [2.45, 2.75) is 32.6 Å². The predicted octanol–water partition coefficient (Wildman–Crippen LogP) is 3.15. The Balaban J connectivity index is 1.71. The lowest BCUT2D eigenvalue weighted by Gasteiger charge is -2.18. The first-order valence-corrected chi connectivity index (χ1v) is 9.16. The van der Waals surface area contributed by atoms with Crippen LogP contribution in [-0.2, 0) is 4.79 Å². The first-order valence-electron chi connectivity index (χ1n) is 9.16. The summed E-state index contributed by atoms with van der Waals surface area (Å²) in [7, 11) is 0. The number of hydrazine groups is 1. The smallest absolute Gasteiger partial charge is 0.251 e. The molecule has 0 aliphatic heterocycles. The van der Waals surface area contributed by atoms with Crippen molar-refractivity contribution in [3.63, 3.8) is 0 Å². The summed E-state index contributed by atoms with van der Waals surface area (Å²) in [5.74, 6) is 10.7. The molecule has 2 aromatic carbocycles. The number of nitrogens with two attached hydrogens (primary N) is 2. The maximum atomic E-state index is 12.3. The number of para-hydroxylation sites is 1. The number of nitrogens with zero attached hydrogens (tertiary/aromatic N) is 3. The summed E-state index contributed by atoms with van der Waals surface area (Å²) in [6.45, 7) is 2.47. The molecule has 0 unspecified atom stereocenters. The van der Waals surface area contributed by atoms with Crippen LogP contribution >= 0.6 is 0 Å². The lowest BCUT2D eigenvalue weighted by atomic mass is 10.1. The van der Waals surface area contributed by atoms with Crippen LogP contribution in [0.4, 0.5) is 11.4 Å². The highest BCUT2D eigenvalue weighted by Gasteiger charge is 2.15. The van der Waals surface area contributed by atoms with Gasteiger partial charge < -0.3 is 11.2 Å². The number of hydrogen-bond donors (Lipinski definition) is 3. The summed E-state index contributed by atoms with van der Waals surface area (Å²) in [5, 5.41) is 11.0. The van der Waals surface area contributed by atoms with Gasteiger partial charge in [0.25, 0.3) is 5.91 Å². The van der Waals surface area contributed by atoms with Crippen molar-refractivity contribution in [1.29, 1.82) is 0 Å². The van der Waals surface area contributed by atoms with E-state index in [1.165, 1.54) is 0 Å². The van der Waals surface area contributed by atoms with E-state index in [1.54, 1.807) is 30.3 Å². The fourth-order valence-electron chi connectivity index (χ4n) is 2.77. The number of amides is 2. The third-order valence-corrected chi connectivity index (χ3v) is 4.32. The van der Waals surface area contributed by atoms with Crippen LogP contribution in [0.5, 0.6) is 0 Å². The van der Waals surface area contributed by atoms with Gasteiger partial charge in [0, 0.05) is 18.5 Å². The molecule has 0 heterocycles. The second-order valence-corrected chi connectivity index (χ2v) is 6.35. The van der Waals surface area contributed by atoms with Crippen molar-refractivity contribution in [3.05, 3.63) is 59.7 Å². The van der Waals surface area contributed by atoms with Crippen molar-refractivity contribution >= 4 is 23.2 Å². The number of unbranched alkanes of at least 4 members (excludes halogenated alkanes) is 2. The number of carbonyl (C=O) groups is 2. The summed E-state index contributed by atoms with van der Waals surface area (Å²) >= 11 is 0. The van der Waals surface area contributed by atoms with Crippen molar-refractivity contribution in [1.82, 2.24) is 5.32 Å². The van der Waals surface area contributed by atoms with Gasteiger partial charge in [-0.15, -0.1) is 5.11 Å². The van der Waals surface area contributed by atoms with E-state index >= 15 is 0 Å². The lowest BCUT2D eigenvalue weighted by Crippen LogP contribution is -2.37. The van der Waals surface area contributed by atoms with Gasteiger partial charge in [-0.1, -0.05) is 42.0 Å². The lowest BCUT2D eigenvalue weighted by molar-refractivity contribution is -0.118. The number of hydrogen-bond acceptors (Lipinski definition) is 5. The second kappa shape index (κ2) is 10.8. The molecule has 0 aliphatic rings. The van der Waals surface area contributed by atoms with Gasteiger partial charge >= 0.3 is 0 Å². The Kier molecular flexibility index (Phi) is 8.11. The molecule has 0 atom stereocenters. The molecule has 2 rings (SSSR count). The number of nitrogens with one attached hydrogen (secondary N) is 1. The molecule has 2 amide bonds.